The number of aliphatic hydroxyl groups excluding tert-OH is 1. The molecule has 7 heteroatoms. The summed E-state index contributed by atoms with van der Waals surface area (Å²) in [6.07, 6.45) is -1.25. The molecule has 0 spiro atoms. The number of carbonyl (C=O) groups is 3. The second-order valence-electron chi connectivity index (χ2n) is 12.4. The number of ether oxygens (including phenoxy) is 3. The fourth-order valence-electron chi connectivity index (χ4n) is 8.78. The van der Waals surface area contributed by atoms with Crippen LogP contribution in [-0.2, 0) is 28.6 Å². The number of hydrogen-bond donors (Lipinski definition) is 1. The third-order valence-corrected chi connectivity index (χ3v) is 10.5. The Labute approximate surface area is 250 Å². The summed E-state index contributed by atoms with van der Waals surface area (Å²) in [5, 5.41) is 12.1. The molecule has 7 nitrogen and oxygen atoms in total. The molecule has 4 saturated carbocycles. The Morgan fingerprint density at radius 1 is 1.31 bits per heavy atom. The van der Waals surface area contributed by atoms with Gasteiger partial charge in [-0.3, -0.25) is 14.4 Å². The van der Waals surface area contributed by atoms with Gasteiger partial charge in [0.25, 0.3) is 0 Å². The van der Waals surface area contributed by atoms with E-state index in [0.29, 0.717) is 12.8 Å². The van der Waals surface area contributed by atoms with Gasteiger partial charge in [-0.05, 0) is 62.4 Å². The van der Waals surface area contributed by atoms with E-state index in [4.69, 9.17) is 32.0 Å². The Balaban J connectivity index is 1.45. The summed E-state index contributed by atoms with van der Waals surface area (Å²) in [7, 11) is 0. The van der Waals surface area contributed by atoms with E-state index in [2.05, 4.69) is 0 Å². The van der Waals surface area contributed by atoms with Gasteiger partial charge in [-0.15, -0.1) is 0 Å². The van der Waals surface area contributed by atoms with Crippen LogP contribution in [0.25, 0.3) is 0 Å². The van der Waals surface area contributed by atoms with Crippen LogP contribution >= 0.6 is 0 Å². The Kier molecular flexibility index (Phi) is 3.94. The van der Waals surface area contributed by atoms with Crippen LogP contribution < -0.4 is 0 Å². The third kappa shape index (κ3) is 3.97. The van der Waals surface area contributed by atoms with Crippen molar-refractivity contribution in [2.45, 2.75) is 109 Å². The second-order valence-corrected chi connectivity index (χ2v) is 12.4. The monoisotopic (exact) mass is 553 g/mol. The van der Waals surface area contributed by atoms with Crippen LogP contribution in [0.1, 0.15) is 103 Å². The van der Waals surface area contributed by atoms with Gasteiger partial charge in [0.1, 0.15) is 0 Å². The van der Waals surface area contributed by atoms with E-state index >= 15 is 0 Å². The predicted octanol–water partition coefficient (Wildman–Crippen LogP) is 4.70. The average Bonchev–Trinajstić information content (AvgIpc) is 3.50. The fraction of sp³-hybridized carbons (Fsp3) is 0.781. The highest BCUT2D eigenvalue weighted by Gasteiger charge is 2.76. The first-order valence-electron chi connectivity index (χ1n) is 20.4. The molecule has 6 aliphatic rings. The van der Waals surface area contributed by atoms with E-state index in [-0.39, 0.29) is 30.8 Å². The summed E-state index contributed by atoms with van der Waals surface area (Å²) in [6.45, 7) is -8.25. The number of fused-ring (bicyclic) bond motifs is 7. The van der Waals surface area contributed by atoms with Crippen LogP contribution in [0.3, 0.4) is 0 Å². The van der Waals surface area contributed by atoms with Crippen molar-refractivity contribution < 1.29 is 51.5 Å². The van der Waals surface area contributed by atoms with Gasteiger partial charge in [-0.25, -0.2) is 0 Å². The third-order valence-electron chi connectivity index (χ3n) is 10.5. The number of hydrogen-bond acceptors (Lipinski definition) is 7. The zero-order valence-corrected chi connectivity index (χ0v) is 22.2. The molecule has 214 valence electrons. The number of aliphatic hydroxyl groups is 1. The van der Waals surface area contributed by atoms with Crippen LogP contribution in [0, 0.1) is 40.4 Å². The summed E-state index contributed by atoms with van der Waals surface area (Å²) < 4.78 is 124. The van der Waals surface area contributed by atoms with E-state index in [1.54, 1.807) is 13.8 Å². The first-order valence-corrected chi connectivity index (χ1v) is 13.9. The van der Waals surface area contributed by atoms with Gasteiger partial charge in [0.15, 0.2) is 24.2 Å². The average molecular weight is 554 g/mol. The largest absolute Gasteiger partial charge is 0.457 e. The SMILES string of the molecule is [2H]C1=C[C@@]2(C)C(=C([2H])C1=O)C([2H])([2H])C[C@@H]1[C@@H]2[C@@H](O)C[C@@]2(C)[C@H]1C[C@H]1O[C@@H](C3CCCCC3)O[C@]12C(=O)C([2H])([2H])OC(=O)C([2H])(C([2H])([2H])[2H])C([2H])([2H])[2H]. The van der Waals surface area contributed by atoms with Gasteiger partial charge < -0.3 is 19.3 Å². The van der Waals surface area contributed by atoms with Crippen molar-refractivity contribution in [3.63, 3.8) is 0 Å². The summed E-state index contributed by atoms with van der Waals surface area (Å²) in [5.74, 6) is -11.3. The molecule has 5 aliphatic carbocycles. The Hall–Kier alpha value is -1.83. The fourth-order valence-corrected chi connectivity index (χ4v) is 8.78. The molecular formula is C32H44O7. The summed E-state index contributed by atoms with van der Waals surface area (Å²) >= 11 is 0. The zero-order valence-electron chi connectivity index (χ0n) is 35.2. The second kappa shape index (κ2) is 9.63. The highest BCUT2D eigenvalue weighted by atomic mass is 16.7. The van der Waals surface area contributed by atoms with Crippen molar-refractivity contribution in [3.05, 3.63) is 23.8 Å². The maximum absolute atomic E-state index is 14.9. The van der Waals surface area contributed by atoms with Crippen LogP contribution in [0.2, 0.25) is 0 Å². The van der Waals surface area contributed by atoms with Gasteiger partial charge in [0.2, 0.25) is 5.78 Å². The number of rotatable bonds is 5. The molecule has 0 aromatic carbocycles. The standard InChI is InChI=1S/C32H44O7/c1-18(2)28(36)37-17-25(35)32-26(38-29(39-32)19-8-6-5-7-9-19)15-23-22-11-10-20-14-21(33)12-13-30(20,3)27(22)24(34)16-31(23,32)4/h12-14,18-19,22-24,26-27,29,34H,5-11,15-17H2,1-4H3/t22-,23-,24-,26+,27+,29+,30-,31-,32+/m0/s1/i1D3,2D3,10D2,12D,14D,17D2,18D. The molecule has 6 rings (SSSR count). The highest BCUT2D eigenvalue weighted by Crippen LogP contribution is 2.70. The molecule has 9 atom stereocenters. The topological polar surface area (TPSA) is 99.1 Å². The van der Waals surface area contributed by atoms with Crippen LogP contribution in [-0.4, -0.2) is 53.3 Å². The van der Waals surface area contributed by atoms with Crippen molar-refractivity contribution in [2.75, 3.05) is 6.56 Å². The van der Waals surface area contributed by atoms with Gasteiger partial charge in [-0.1, -0.05) is 58.5 Å². The summed E-state index contributed by atoms with van der Waals surface area (Å²) in [4.78, 5) is 40.8. The van der Waals surface area contributed by atoms with Crippen molar-refractivity contribution >= 4 is 17.5 Å². The minimum Gasteiger partial charge on any atom is -0.457 e. The lowest BCUT2D eigenvalue weighted by atomic mass is 9.46. The predicted molar refractivity (Wildman–Crippen MR) is 143 cm³/mol. The van der Waals surface area contributed by atoms with Crippen molar-refractivity contribution in [1.29, 1.82) is 0 Å². The molecule has 1 aliphatic heterocycles. The number of esters is 1. The molecule has 0 amide bonds. The van der Waals surface area contributed by atoms with Gasteiger partial charge >= 0.3 is 5.97 Å². The lowest BCUT2D eigenvalue weighted by Crippen LogP contribution is -2.63. The highest BCUT2D eigenvalue weighted by molar-refractivity contribution is 6.01. The normalized spacial score (nSPS) is 53.3. The maximum atomic E-state index is 14.9. The zero-order chi connectivity index (χ0) is 39.0. The lowest BCUT2D eigenvalue weighted by Gasteiger charge is -2.59. The molecule has 0 bridgehead atoms. The molecule has 1 heterocycles. The Morgan fingerprint density at radius 3 is 2.82 bits per heavy atom. The first kappa shape index (κ1) is 16.0. The molecule has 1 N–H and O–H groups in total. The molecule has 39 heavy (non-hydrogen) atoms. The van der Waals surface area contributed by atoms with E-state index in [9.17, 15) is 19.5 Å². The first-order chi connectivity index (χ1) is 23.6. The molecule has 5 fully saturated rings. The number of allylic oxidation sites excluding steroid dienone is 4. The Bertz CT molecular complexity index is 1600. The molecule has 0 radical (unpaired) electrons. The molecular weight excluding hydrogens is 496 g/mol. The Morgan fingerprint density at radius 2 is 2.08 bits per heavy atom. The van der Waals surface area contributed by atoms with Gasteiger partial charge in [0, 0.05) is 35.0 Å². The summed E-state index contributed by atoms with van der Waals surface area (Å²) in [6, 6.07) is -1.16. The number of ketones is 2. The molecule has 0 unspecified atom stereocenters. The molecule has 0 aromatic rings. The summed E-state index contributed by atoms with van der Waals surface area (Å²) in [5.41, 5.74) is -5.48. The van der Waals surface area contributed by atoms with E-state index in [1.807, 2.05) is 0 Å². The lowest BCUT2D eigenvalue weighted by molar-refractivity contribution is -0.210. The quantitative estimate of drug-likeness (QED) is 0.493. The molecule has 1 saturated heterocycles. The van der Waals surface area contributed by atoms with Crippen LogP contribution in [0.15, 0.2) is 23.8 Å². The number of carbonyl (C=O) groups excluding carboxylic acids is 3. The van der Waals surface area contributed by atoms with Crippen LogP contribution in [0.4, 0.5) is 0 Å². The van der Waals surface area contributed by atoms with Crippen molar-refractivity contribution in [1.82, 2.24) is 0 Å². The number of Topliss-reactive ketones (excluding diaryl/α,β-unsaturated/α-hetero) is 1. The van der Waals surface area contributed by atoms with Crippen molar-refractivity contribution in [3.8, 4) is 0 Å². The van der Waals surface area contributed by atoms with Crippen LogP contribution in [0.5, 0.6) is 0 Å². The maximum Gasteiger partial charge on any atom is 0.308 e. The smallest absolute Gasteiger partial charge is 0.308 e. The van der Waals surface area contributed by atoms with E-state index in [0.717, 1.165) is 19.3 Å². The van der Waals surface area contributed by atoms with Gasteiger partial charge in [0.05, 0.1) is 23.6 Å². The minimum atomic E-state index is -3.96. The van der Waals surface area contributed by atoms with Gasteiger partial charge in [-0.2, -0.15) is 0 Å². The minimum absolute atomic E-state index is 0.00832. The van der Waals surface area contributed by atoms with Crippen molar-refractivity contribution in [2.24, 2.45) is 40.4 Å². The van der Waals surface area contributed by atoms with E-state index in [1.165, 1.54) is 6.08 Å². The van der Waals surface area contributed by atoms with E-state index < -0.39 is 115 Å². The molecule has 0 aromatic heterocycles.